The van der Waals surface area contributed by atoms with Crippen molar-refractivity contribution in [1.82, 2.24) is 4.90 Å². The molecule has 1 heterocycles. The first kappa shape index (κ1) is 18.2. The normalized spacial score (nSPS) is 16.8. The maximum Gasteiger partial charge on any atom is 0.255 e. The average molecular weight is 398 g/mol. The molecule has 4 nitrogen and oxygen atoms in total. The van der Waals surface area contributed by atoms with Gasteiger partial charge in [0.25, 0.3) is 5.91 Å². The molecule has 7 heteroatoms. The Labute approximate surface area is 161 Å². The summed E-state index contributed by atoms with van der Waals surface area (Å²) < 4.78 is 10.7. The molecule has 1 aliphatic heterocycles. The minimum atomic E-state index is -0.122. The van der Waals surface area contributed by atoms with Crippen molar-refractivity contribution in [3.63, 3.8) is 0 Å². The summed E-state index contributed by atoms with van der Waals surface area (Å²) in [5.41, 5.74) is 1.47. The lowest BCUT2D eigenvalue weighted by atomic mass is 10.1. The van der Waals surface area contributed by atoms with E-state index in [2.05, 4.69) is 0 Å². The smallest absolute Gasteiger partial charge is 0.255 e. The minimum Gasteiger partial charge on any atom is -0.497 e. The lowest BCUT2D eigenvalue weighted by molar-refractivity contribution is 0.0759. The van der Waals surface area contributed by atoms with Gasteiger partial charge in [-0.2, -0.15) is 0 Å². The van der Waals surface area contributed by atoms with E-state index in [9.17, 15) is 4.79 Å². The van der Waals surface area contributed by atoms with Crippen LogP contribution in [0.15, 0.2) is 36.4 Å². The van der Waals surface area contributed by atoms with E-state index in [1.54, 1.807) is 44.2 Å². The van der Waals surface area contributed by atoms with Gasteiger partial charge in [-0.05, 0) is 30.3 Å². The second-order valence-corrected chi connectivity index (χ2v) is 7.46. The van der Waals surface area contributed by atoms with Gasteiger partial charge in [0.2, 0.25) is 0 Å². The summed E-state index contributed by atoms with van der Waals surface area (Å²) in [4.78, 5) is 14.8. The molecule has 132 valence electrons. The fourth-order valence-corrected chi connectivity index (χ4v) is 4.33. The molecule has 2 aromatic carbocycles. The SMILES string of the molecule is COc1ccc([C@@H]2SCCN2C(=O)c2ccc(Cl)c(Cl)c2)c(OC)c1. The molecule has 1 fully saturated rings. The van der Waals surface area contributed by atoms with E-state index < -0.39 is 0 Å². The monoisotopic (exact) mass is 397 g/mol. The third kappa shape index (κ3) is 3.68. The first-order valence-electron chi connectivity index (χ1n) is 7.64. The van der Waals surface area contributed by atoms with Gasteiger partial charge in [-0.3, -0.25) is 4.79 Å². The van der Waals surface area contributed by atoms with Crippen LogP contribution in [0.2, 0.25) is 10.0 Å². The van der Waals surface area contributed by atoms with Crippen molar-refractivity contribution in [2.75, 3.05) is 26.5 Å². The first-order valence-corrected chi connectivity index (χ1v) is 9.45. The number of halogens is 2. The molecule has 3 rings (SSSR count). The van der Waals surface area contributed by atoms with Crippen LogP contribution in [-0.4, -0.2) is 37.3 Å². The zero-order chi connectivity index (χ0) is 18.0. The highest BCUT2D eigenvalue weighted by atomic mass is 35.5. The molecule has 0 saturated carbocycles. The Morgan fingerprint density at radius 2 is 1.92 bits per heavy atom. The molecule has 1 amide bonds. The number of rotatable bonds is 4. The zero-order valence-electron chi connectivity index (χ0n) is 13.8. The van der Waals surface area contributed by atoms with Crippen LogP contribution in [0.5, 0.6) is 11.5 Å². The van der Waals surface area contributed by atoms with Gasteiger partial charge in [-0.1, -0.05) is 23.2 Å². The van der Waals surface area contributed by atoms with Crippen LogP contribution in [0.1, 0.15) is 21.3 Å². The Balaban J connectivity index is 1.92. The van der Waals surface area contributed by atoms with Crippen molar-refractivity contribution in [1.29, 1.82) is 0 Å². The Bertz CT molecular complexity index is 800. The van der Waals surface area contributed by atoms with Crippen LogP contribution in [-0.2, 0) is 0 Å². The number of methoxy groups -OCH3 is 2. The molecular formula is C18H17Cl2NO3S. The molecule has 0 aliphatic carbocycles. The number of nitrogens with zero attached hydrogens (tertiary/aromatic N) is 1. The number of carbonyl (C=O) groups excluding carboxylic acids is 1. The van der Waals surface area contributed by atoms with Crippen molar-refractivity contribution in [3.05, 3.63) is 57.6 Å². The number of hydrogen-bond acceptors (Lipinski definition) is 4. The molecule has 0 N–H and O–H groups in total. The number of hydrogen-bond donors (Lipinski definition) is 0. The van der Waals surface area contributed by atoms with Crippen molar-refractivity contribution in [3.8, 4) is 11.5 Å². The van der Waals surface area contributed by atoms with E-state index in [0.29, 0.717) is 33.7 Å². The van der Waals surface area contributed by atoms with Gasteiger partial charge in [0.05, 0.1) is 24.3 Å². The number of amides is 1. The summed E-state index contributed by atoms with van der Waals surface area (Å²) in [6.07, 6.45) is 0. The molecule has 0 aromatic heterocycles. The third-order valence-corrected chi connectivity index (χ3v) is 6.01. The lowest BCUT2D eigenvalue weighted by Gasteiger charge is -2.26. The van der Waals surface area contributed by atoms with Crippen LogP contribution in [0.25, 0.3) is 0 Å². The summed E-state index contributed by atoms with van der Waals surface area (Å²) in [5.74, 6) is 2.19. The zero-order valence-corrected chi connectivity index (χ0v) is 16.1. The van der Waals surface area contributed by atoms with Gasteiger partial charge < -0.3 is 14.4 Å². The lowest BCUT2D eigenvalue weighted by Crippen LogP contribution is -2.30. The number of carbonyl (C=O) groups is 1. The number of thioether (sulfide) groups is 1. The molecule has 0 bridgehead atoms. The number of benzene rings is 2. The van der Waals surface area contributed by atoms with E-state index in [1.165, 1.54) is 0 Å². The van der Waals surface area contributed by atoms with Gasteiger partial charge in [-0.15, -0.1) is 11.8 Å². The fraction of sp³-hybridized carbons (Fsp3) is 0.278. The third-order valence-electron chi connectivity index (χ3n) is 4.03. The Hall–Kier alpha value is -1.56. The fourth-order valence-electron chi connectivity index (χ4n) is 2.75. The quantitative estimate of drug-likeness (QED) is 0.735. The topological polar surface area (TPSA) is 38.8 Å². The second-order valence-electron chi connectivity index (χ2n) is 5.46. The average Bonchev–Trinajstić information content (AvgIpc) is 3.12. The second kappa shape index (κ2) is 7.77. The number of ether oxygens (including phenoxy) is 2. The van der Waals surface area contributed by atoms with Crippen LogP contribution in [0, 0.1) is 0 Å². The van der Waals surface area contributed by atoms with Gasteiger partial charge in [0.1, 0.15) is 16.9 Å². The highest BCUT2D eigenvalue weighted by molar-refractivity contribution is 7.99. The van der Waals surface area contributed by atoms with Gasteiger partial charge in [0, 0.05) is 29.5 Å². The molecule has 1 aliphatic rings. The molecule has 1 saturated heterocycles. The van der Waals surface area contributed by atoms with Crippen molar-refractivity contribution in [2.45, 2.75) is 5.37 Å². The summed E-state index contributed by atoms with van der Waals surface area (Å²) in [5, 5.41) is 0.683. The van der Waals surface area contributed by atoms with Crippen LogP contribution in [0.4, 0.5) is 0 Å². The van der Waals surface area contributed by atoms with Gasteiger partial charge in [0.15, 0.2) is 0 Å². The van der Waals surface area contributed by atoms with Crippen LogP contribution in [0.3, 0.4) is 0 Å². The van der Waals surface area contributed by atoms with E-state index in [-0.39, 0.29) is 11.3 Å². The maximum absolute atomic E-state index is 13.0. The Kier molecular flexibility index (Phi) is 5.67. The maximum atomic E-state index is 13.0. The summed E-state index contributed by atoms with van der Waals surface area (Å²) in [6.45, 7) is 0.656. The molecular weight excluding hydrogens is 381 g/mol. The van der Waals surface area contributed by atoms with Crippen molar-refractivity contribution in [2.24, 2.45) is 0 Å². The molecule has 25 heavy (non-hydrogen) atoms. The van der Waals surface area contributed by atoms with Crippen LogP contribution >= 0.6 is 35.0 Å². The minimum absolute atomic E-state index is 0.0774. The van der Waals surface area contributed by atoms with E-state index in [0.717, 1.165) is 11.3 Å². The van der Waals surface area contributed by atoms with Crippen molar-refractivity contribution >= 4 is 40.9 Å². The molecule has 0 unspecified atom stereocenters. The standard InChI is InChI=1S/C18H17Cl2NO3S/c1-23-12-4-5-13(16(10-12)24-2)18-21(7-8-25-18)17(22)11-3-6-14(19)15(20)9-11/h3-6,9-10,18H,7-8H2,1-2H3/t18-/m0/s1. The van der Waals surface area contributed by atoms with Gasteiger partial charge in [-0.25, -0.2) is 0 Å². The van der Waals surface area contributed by atoms with Gasteiger partial charge >= 0.3 is 0 Å². The molecule has 1 atom stereocenters. The first-order chi connectivity index (χ1) is 12.0. The molecule has 2 aromatic rings. The predicted molar refractivity (Wildman–Crippen MR) is 102 cm³/mol. The largest absolute Gasteiger partial charge is 0.497 e. The summed E-state index contributed by atoms with van der Waals surface area (Å²) >= 11 is 13.7. The highest BCUT2D eigenvalue weighted by Crippen LogP contribution is 2.43. The predicted octanol–water partition coefficient (Wildman–Crippen LogP) is 4.90. The van der Waals surface area contributed by atoms with E-state index in [4.69, 9.17) is 32.7 Å². The molecule has 0 spiro atoms. The highest BCUT2D eigenvalue weighted by Gasteiger charge is 2.33. The summed E-state index contributed by atoms with van der Waals surface area (Å²) in [6, 6.07) is 10.6. The van der Waals surface area contributed by atoms with Crippen molar-refractivity contribution < 1.29 is 14.3 Å². The Morgan fingerprint density at radius 3 is 2.60 bits per heavy atom. The van der Waals surface area contributed by atoms with E-state index in [1.807, 2.05) is 23.1 Å². The Morgan fingerprint density at radius 1 is 1.12 bits per heavy atom. The van der Waals surface area contributed by atoms with E-state index >= 15 is 0 Å². The van der Waals surface area contributed by atoms with Crippen LogP contribution < -0.4 is 9.47 Å². The molecule has 0 radical (unpaired) electrons. The summed E-state index contributed by atoms with van der Waals surface area (Å²) in [7, 11) is 3.22.